The molecule has 0 fully saturated rings. The van der Waals surface area contributed by atoms with Crippen LogP contribution in [-0.2, 0) is 16.0 Å². The maximum atomic E-state index is 11.0. The largest absolute Gasteiger partial charge is 0.469 e. The number of benzene rings is 1. The number of methoxy groups -OCH3 is 1. The van der Waals surface area contributed by atoms with Gasteiger partial charge in [0.1, 0.15) is 0 Å². The topological polar surface area (TPSA) is 46.5 Å². The van der Waals surface area contributed by atoms with Crippen molar-refractivity contribution in [2.24, 2.45) is 5.92 Å². The summed E-state index contributed by atoms with van der Waals surface area (Å²) in [6.07, 6.45) is 0.967. The summed E-state index contributed by atoms with van der Waals surface area (Å²) in [6.45, 7) is 0.00396. The molecule has 0 saturated carbocycles. The van der Waals surface area contributed by atoms with E-state index in [1.165, 1.54) is 7.11 Å². The summed E-state index contributed by atoms with van der Waals surface area (Å²) in [4.78, 5) is 11.0. The van der Waals surface area contributed by atoms with Crippen LogP contribution in [0.5, 0.6) is 0 Å². The van der Waals surface area contributed by atoms with Gasteiger partial charge in [0, 0.05) is 6.61 Å². The highest BCUT2D eigenvalue weighted by atomic mass is 16.5. The van der Waals surface area contributed by atoms with Gasteiger partial charge in [0.2, 0.25) is 0 Å². The number of ether oxygens (including phenoxy) is 1. The third-order valence-electron chi connectivity index (χ3n) is 2.31. The summed E-state index contributed by atoms with van der Waals surface area (Å²) in [5.41, 5.74) is 1.13. The molecule has 1 aromatic rings. The van der Waals surface area contributed by atoms with Crippen LogP contribution in [0.25, 0.3) is 0 Å². The van der Waals surface area contributed by atoms with Crippen LogP contribution in [0.4, 0.5) is 0 Å². The van der Waals surface area contributed by atoms with E-state index in [2.05, 4.69) is 4.74 Å². The second-order valence-electron chi connectivity index (χ2n) is 3.52. The highest BCUT2D eigenvalue weighted by molar-refractivity contribution is 5.69. The molecule has 0 heterocycles. The van der Waals surface area contributed by atoms with Crippen molar-refractivity contribution in [3.8, 4) is 0 Å². The van der Waals surface area contributed by atoms with Crippen molar-refractivity contribution in [1.82, 2.24) is 0 Å². The quantitative estimate of drug-likeness (QED) is 0.744. The Kier molecular flexibility index (Phi) is 4.84. The van der Waals surface area contributed by atoms with E-state index in [0.717, 1.165) is 5.56 Å². The lowest BCUT2D eigenvalue weighted by Gasteiger charge is -2.12. The van der Waals surface area contributed by atoms with Crippen LogP contribution in [-0.4, -0.2) is 24.8 Å². The molecule has 0 saturated heterocycles. The number of aliphatic hydroxyl groups excluding tert-OH is 1. The Bertz CT molecular complexity index is 295. The molecule has 0 spiro atoms. The van der Waals surface area contributed by atoms with E-state index in [-0.39, 0.29) is 24.9 Å². The Morgan fingerprint density at radius 2 is 2.07 bits per heavy atom. The second kappa shape index (κ2) is 6.19. The first-order chi connectivity index (χ1) is 7.26. The van der Waals surface area contributed by atoms with Gasteiger partial charge in [0.05, 0.1) is 13.5 Å². The summed E-state index contributed by atoms with van der Waals surface area (Å²) in [5, 5.41) is 9.12. The third-order valence-corrected chi connectivity index (χ3v) is 2.31. The molecule has 1 unspecified atom stereocenters. The van der Waals surface area contributed by atoms with Gasteiger partial charge in [0.15, 0.2) is 0 Å². The van der Waals surface area contributed by atoms with Gasteiger partial charge in [-0.05, 0) is 17.9 Å². The maximum Gasteiger partial charge on any atom is 0.305 e. The van der Waals surface area contributed by atoms with Gasteiger partial charge >= 0.3 is 5.97 Å². The molecule has 0 radical (unpaired) electrons. The van der Waals surface area contributed by atoms with Crippen molar-refractivity contribution in [3.63, 3.8) is 0 Å². The van der Waals surface area contributed by atoms with Crippen LogP contribution in [0.3, 0.4) is 0 Å². The van der Waals surface area contributed by atoms with E-state index >= 15 is 0 Å². The van der Waals surface area contributed by atoms with Crippen LogP contribution in [0.1, 0.15) is 12.0 Å². The molecule has 3 nitrogen and oxygen atoms in total. The highest BCUT2D eigenvalue weighted by Gasteiger charge is 2.13. The predicted octanol–water partition coefficient (Wildman–Crippen LogP) is 1.40. The molecule has 0 aliphatic carbocycles. The van der Waals surface area contributed by atoms with Crippen molar-refractivity contribution in [2.75, 3.05) is 13.7 Å². The Morgan fingerprint density at radius 1 is 1.40 bits per heavy atom. The SMILES string of the molecule is COC(=O)CC(CO)Cc1ccccc1. The Morgan fingerprint density at radius 3 is 2.60 bits per heavy atom. The fourth-order valence-electron chi connectivity index (χ4n) is 1.47. The third kappa shape index (κ3) is 4.13. The summed E-state index contributed by atoms with van der Waals surface area (Å²) in [6, 6.07) is 9.81. The molecule has 0 aromatic heterocycles. The number of esters is 1. The van der Waals surface area contributed by atoms with E-state index < -0.39 is 0 Å². The van der Waals surface area contributed by atoms with Gasteiger partial charge in [-0.1, -0.05) is 30.3 Å². The Hall–Kier alpha value is -1.35. The molecule has 1 atom stereocenters. The molecule has 0 amide bonds. The molecule has 3 heteroatoms. The first-order valence-corrected chi connectivity index (χ1v) is 4.98. The van der Waals surface area contributed by atoms with Gasteiger partial charge in [-0.2, -0.15) is 0 Å². The fourth-order valence-corrected chi connectivity index (χ4v) is 1.47. The fraction of sp³-hybridized carbons (Fsp3) is 0.417. The molecule has 1 aromatic carbocycles. The predicted molar refractivity (Wildman–Crippen MR) is 57.4 cm³/mol. The normalized spacial score (nSPS) is 12.1. The minimum absolute atomic E-state index is 0.00396. The zero-order valence-electron chi connectivity index (χ0n) is 8.85. The zero-order chi connectivity index (χ0) is 11.1. The molecule has 82 valence electrons. The van der Waals surface area contributed by atoms with E-state index in [0.29, 0.717) is 6.42 Å². The van der Waals surface area contributed by atoms with Gasteiger partial charge in [0.25, 0.3) is 0 Å². The van der Waals surface area contributed by atoms with E-state index in [4.69, 9.17) is 5.11 Å². The first-order valence-electron chi connectivity index (χ1n) is 4.98. The van der Waals surface area contributed by atoms with Crippen LogP contribution < -0.4 is 0 Å². The van der Waals surface area contributed by atoms with Gasteiger partial charge < -0.3 is 9.84 Å². The lowest BCUT2D eigenvalue weighted by Crippen LogP contribution is -2.15. The molecule has 1 rings (SSSR count). The van der Waals surface area contributed by atoms with Crippen LogP contribution >= 0.6 is 0 Å². The zero-order valence-corrected chi connectivity index (χ0v) is 8.85. The molecular formula is C12H16O3. The second-order valence-corrected chi connectivity index (χ2v) is 3.52. The van der Waals surface area contributed by atoms with Gasteiger partial charge in [-0.15, -0.1) is 0 Å². The van der Waals surface area contributed by atoms with E-state index in [1.54, 1.807) is 0 Å². The van der Waals surface area contributed by atoms with Crippen LogP contribution in [0.15, 0.2) is 30.3 Å². The summed E-state index contributed by atoms with van der Waals surface area (Å²) in [7, 11) is 1.36. The van der Waals surface area contributed by atoms with Gasteiger partial charge in [-0.25, -0.2) is 0 Å². The Labute approximate surface area is 89.7 Å². The average molecular weight is 208 g/mol. The van der Waals surface area contributed by atoms with Crippen molar-refractivity contribution in [3.05, 3.63) is 35.9 Å². The highest BCUT2D eigenvalue weighted by Crippen LogP contribution is 2.12. The van der Waals surface area contributed by atoms with Crippen molar-refractivity contribution in [1.29, 1.82) is 0 Å². The number of aliphatic hydroxyl groups is 1. The first kappa shape index (κ1) is 11.7. The van der Waals surface area contributed by atoms with Crippen LogP contribution in [0, 0.1) is 5.92 Å². The van der Waals surface area contributed by atoms with Crippen LogP contribution in [0.2, 0.25) is 0 Å². The lowest BCUT2D eigenvalue weighted by molar-refractivity contribution is -0.142. The molecule has 1 N–H and O–H groups in total. The maximum absolute atomic E-state index is 11.0. The Balaban J connectivity index is 2.50. The smallest absolute Gasteiger partial charge is 0.305 e. The number of rotatable bonds is 5. The monoisotopic (exact) mass is 208 g/mol. The van der Waals surface area contributed by atoms with E-state index in [9.17, 15) is 4.79 Å². The number of carbonyl (C=O) groups excluding carboxylic acids is 1. The summed E-state index contributed by atoms with van der Waals surface area (Å²) in [5.74, 6) is -0.329. The molecule has 0 aliphatic heterocycles. The minimum atomic E-state index is -0.273. The van der Waals surface area contributed by atoms with Crippen molar-refractivity contribution in [2.45, 2.75) is 12.8 Å². The number of hydrogen-bond donors (Lipinski definition) is 1. The standard InChI is InChI=1S/C12H16O3/c1-15-12(14)8-11(9-13)7-10-5-3-2-4-6-10/h2-6,11,13H,7-9H2,1H3. The molecule has 15 heavy (non-hydrogen) atoms. The molecule has 0 aliphatic rings. The lowest BCUT2D eigenvalue weighted by atomic mass is 9.97. The minimum Gasteiger partial charge on any atom is -0.469 e. The van der Waals surface area contributed by atoms with E-state index in [1.807, 2.05) is 30.3 Å². The molecular weight excluding hydrogens is 192 g/mol. The molecule has 0 bridgehead atoms. The number of hydrogen-bond acceptors (Lipinski definition) is 3. The summed E-state index contributed by atoms with van der Waals surface area (Å²) < 4.78 is 4.57. The van der Waals surface area contributed by atoms with Crippen molar-refractivity contribution < 1.29 is 14.6 Å². The number of carbonyl (C=O) groups is 1. The summed E-state index contributed by atoms with van der Waals surface area (Å²) >= 11 is 0. The average Bonchev–Trinajstić information content (AvgIpc) is 2.29. The van der Waals surface area contributed by atoms with Crippen molar-refractivity contribution >= 4 is 5.97 Å². The van der Waals surface area contributed by atoms with Gasteiger partial charge in [-0.3, -0.25) is 4.79 Å².